The standard InChI is InChI=1S/C24H30N8O/c1-16(30(2)3)31-12-10-17-14-25-20(13-18(17)15-31)24(33)27-21-8-6-7-19(26-21)23-29-28-22-9-4-5-11-32(22)23/h6-8,13-14,16H,4-5,9-12,15H2,1-3H3,(H,26,27,33). The Kier molecular flexibility index (Phi) is 5.90. The van der Waals surface area contributed by atoms with Crippen molar-refractivity contribution < 1.29 is 4.79 Å². The first-order chi connectivity index (χ1) is 16.0. The van der Waals surface area contributed by atoms with Gasteiger partial charge in [0, 0.05) is 32.3 Å². The van der Waals surface area contributed by atoms with Crippen molar-refractivity contribution in [1.82, 2.24) is 34.5 Å². The summed E-state index contributed by atoms with van der Waals surface area (Å²) in [6.45, 7) is 4.90. The highest BCUT2D eigenvalue weighted by Gasteiger charge is 2.24. The van der Waals surface area contributed by atoms with Gasteiger partial charge in [0.2, 0.25) is 0 Å². The average molecular weight is 447 g/mol. The van der Waals surface area contributed by atoms with Gasteiger partial charge >= 0.3 is 0 Å². The van der Waals surface area contributed by atoms with Gasteiger partial charge in [0.05, 0.1) is 6.17 Å². The Morgan fingerprint density at radius 2 is 2.00 bits per heavy atom. The lowest BCUT2D eigenvalue weighted by atomic mass is 10.0. The second kappa shape index (κ2) is 8.99. The van der Waals surface area contributed by atoms with Crippen LogP contribution in [0.2, 0.25) is 0 Å². The second-order valence-corrected chi connectivity index (χ2v) is 9.06. The largest absolute Gasteiger partial charge is 0.310 e. The lowest BCUT2D eigenvalue weighted by Crippen LogP contribution is -2.45. The molecule has 2 aliphatic heterocycles. The quantitative estimate of drug-likeness (QED) is 0.644. The van der Waals surface area contributed by atoms with E-state index in [0.717, 1.165) is 62.5 Å². The summed E-state index contributed by atoms with van der Waals surface area (Å²) in [6.07, 6.45) is 6.31. The molecule has 0 aromatic carbocycles. The first kappa shape index (κ1) is 21.7. The summed E-state index contributed by atoms with van der Waals surface area (Å²) in [7, 11) is 4.17. The molecule has 1 amide bonds. The van der Waals surface area contributed by atoms with Gasteiger partial charge in [-0.15, -0.1) is 10.2 Å². The maximum Gasteiger partial charge on any atom is 0.275 e. The van der Waals surface area contributed by atoms with Gasteiger partial charge in [0.1, 0.15) is 23.0 Å². The molecule has 2 aliphatic rings. The fourth-order valence-corrected chi connectivity index (χ4v) is 4.54. The van der Waals surface area contributed by atoms with Gasteiger partial charge in [-0.2, -0.15) is 0 Å². The Hall–Kier alpha value is -3.17. The summed E-state index contributed by atoms with van der Waals surface area (Å²) in [5.41, 5.74) is 3.48. The van der Waals surface area contributed by atoms with E-state index in [2.05, 4.69) is 60.9 Å². The van der Waals surface area contributed by atoms with E-state index in [0.29, 0.717) is 23.4 Å². The van der Waals surface area contributed by atoms with Crippen molar-refractivity contribution in [1.29, 1.82) is 0 Å². The minimum absolute atomic E-state index is 0.261. The van der Waals surface area contributed by atoms with Crippen LogP contribution in [0.15, 0.2) is 30.5 Å². The summed E-state index contributed by atoms with van der Waals surface area (Å²) in [6, 6.07) is 7.48. The molecule has 1 N–H and O–H groups in total. The molecule has 0 spiro atoms. The predicted molar refractivity (Wildman–Crippen MR) is 126 cm³/mol. The molecule has 5 rings (SSSR count). The zero-order valence-electron chi connectivity index (χ0n) is 19.5. The molecule has 9 heteroatoms. The van der Waals surface area contributed by atoms with Crippen molar-refractivity contribution in [2.24, 2.45) is 0 Å². The van der Waals surface area contributed by atoms with Gasteiger partial charge in [0.15, 0.2) is 5.82 Å². The van der Waals surface area contributed by atoms with Crippen molar-refractivity contribution in [2.45, 2.75) is 51.9 Å². The summed E-state index contributed by atoms with van der Waals surface area (Å²) in [5, 5.41) is 11.6. The Balaban J connectivity index is 1.33. The molecule has 9 nitrogen and oxygen atoms in total. The highest BCUT2D eigenvalue weighted by Crippen LogP contribution is 2.24. The maximum absolute atomic E-state index is 13.0. The van der Waals surface area contributed by atoms with Gasteiger partial charge < -0.3 is 9.88 Å². The molecule has 0 bridgehead atoms. The first-order valence-corrected chi connectivity index (χ1v) is 11.6. The molecule has 3 aromatic rings. The molecule has 5 heterocycles. The summed E-state index contributed by atoms with van der Waals surface area (Å²) >= 11 is 0. The van der Waals surface area contributed by atoms with Crippen LogP contribution in [0.25, 0.3) is 11.5 Å². The third-order valence-corrected chi connectivity index (χ3v) is 6.71. The number of aromatic nitrogens is 5. The van der Waals surface area contributed by atoms with Gasteiger partial charge in [-0.25, -0.2) is 4.98 Å². The van der Waals surface area contributed by atoms with Crippen molar-refractivity contribution in [3.8, 4) is 11.5 Å². The molecular weight excluding hydrogens is 416 g/mol. The van der Waals surface area contributed by atoms with E-state index >= 15 is 0 Å². The Bertz CT molecular complexity index is 1170. The van der Waals surface area contributed by atoms with Crippen molar-refractivity contribution >= 4 is 11.7 Å². The van der Waals surface area contributed by atoms with Gasteiger partial charge in [-0.3, -0.25) is 19.6 Å². The minimum Gasteiger partial charge on any atom is -0.310 e. The van der Waals surface area contributed by atoms with Crippen LogP contribution in [-0.4, -0.2) is 67.2 Å². The summed E-state index contributed by atoms with van der Waals surface area (Å²) in [4.78, 5) is 26.7. The topological polar surface area (TPSA) is 92.1 Å². The number of fused-ring (bicyclic) bond motifs is 2. The number of nitrogens with zero attached hydrogens (tertiary/aromatic N) is 7. The fraction of sp³-hybridized carbons (Fsp3) is 0.458. The summed E-state index contributed by atoms with van der Waals surface area (Å²) < 4.78 is 2.13. The lowest BCUT2D eigenvalue weighted by molar-refractivity contribution is 0.0812. The third kappa shape index (κ3) is 4.38. The van der Waals surface area contributed by atoms with Gasteiger partial charge in [0.25, 0.3) is 5.91 Å². The van der Waals surface area contributed by atoms with Crippen LogP contribution in [0.3, 0.4) is 0 Å². The fourth-order valence-electron chi connectivity index (χ4n) is 4.54. The van der Waals surface area contributed by atoms with Gasteiger partial charge in [-0.05, 0) is 69.6 Å². The van der Waals surface area contributed by atoms with Crippen LogP contribution in [0.4, 0.5) is 5.82 Å². The van der Waals surface area contributed by atoms with E-state index in [9.17, 15) is 4.79 Å². The molecule has 1 atom stereocenters. The smallest absolute Gasteiger partial charge is 0.275 e. The Morgan fingerprint density at radius 3 is 2.85 bits per heavy atom. The monoisotopic (exact) mass is 446 g/mol. The third-order valence-electron chi connectivity index (χ3n) is 6.71. The van der Waals surface area contributed by atoms with Crippen LogP contribution >= 0.6 is 0 Å². The van der Waals surface area contributed by atoms with Crippen molar-refractivity contribution in [3.05, 3.63) is 53.1 Å². The van der Waals surface area contributed by atoms with E-state index in [4.69, 9.17) is 0 Å². The molecule has 0 fully saturated rings. The Labute approximate surface area is 193 Å². The lowest BCUT2D eigenvalue weighted by Gasteiger charge is -2.36. The number of hydrogen-bond acceptors (Lipinski definition) is 7. The molecule has 172 valence electrons. The van der Waals surface area contributed by atoms with E-state index in [-0.39, 0.29) is 5.91 Å². The number of pyridine rings is 2. The number of carbonyl (C=O) groups excluding carboxylic acids is 1. The number of rotatable bonds is 5. The molecular formula is C24H30N8O. The number of hydrogen-bond donors (Lipinski definition) is 1. The van der Waals surface area contributed by atoms with E-state index in [1.165, 1.54) is 5.56 Å². The average Bonchev–Trinajstić information content (AvgIpc) is 3.27. The Morgan fingerprint density at radius 1 is 1.12 bits per heavy atom. The van der Waals surface area contributed by atoms with Crippen LogP contribution in [0.1, 0.15) is 47.2 Å². The van der Waals surface area contributed by atoms with Crippen LogP contribution in [0, 0.1) is 0 Å². The minimum atomic E-state index is -0.261. The van der Waals surface area contributed by atoms with E-state index < -0.39 is 0 Å². The molecule has 1 unspecified atom stereocenters. The number of nitrogens with one attached hydrogen (secondary N) is 1. The molecule has 0 aliphatic carbocycles. The molecule has 0 radical (unpaired) electrons. The van der Waals surface area contributed by atoms with Crippen molar-refractivity contribution in [2.75, 3.05) is 26.0 Å². The van der Waals surface area contributed by atoms with Crippen molar-refractivity contribution in [3.63, 3.8) is 0 Å². The van der Waals surface area contributed by atoms with Crippen LogP contribution in [0.5, 0.6) is 0 Å². The maximum atomic E-state index is 13.0. The number of amides is 1. The zero-order valence-corrected chi connectivity index (χ0v) is 19.5. The predicted octanol–water partition coefficient (Wildman–Crippen LogP) is 2.59. The van der Waals surface area contributed by atoms with Crippen LogP contribution < -0.4 is 5.32 Å². The zero-order chi connectivity index (χ0) is 22.9. The molecule has 3 aromatic heterocycles. The van der Waals surface area contributed by atoms with Crippen LogP contribution in [-0.2, 0) is 25.9 Å². The normalized spacial score (nSPS) is 16.8. The van der Waals surface area contributed by atoms with E-state index in [1.807, 2.05) is 24.4 Å². The highest BCUT2D eigenvalue weighted by molar-refractivity contribution is 6.02. The molecule has 0 saturated carbocycles. The first-order valence-electron chi connectivity index (χ1n) is 11.6. The highest BCUT2D eigenvalue weighted by atomic mass is 16.1. The molecule has 33 heavy (non-hydrogen) atoms. The second-order valence-electron chi connectivity index (χ2n) is 9.06. The number of aryl methyl sites for hydroxylation is 1. The number of carbonyl (C=O) groups is 1. The molecule has 0 saturated heterocycles. The number of anilines is 1. The van der Waals surface area contributed by atoms with Gasteiger partial charge in [-0.1, -0.05) is 6.07 Å². The summed E-state index contributed by atoms with van der Waals surface area (Å²) in [5.74, 6) is 1.97. The SMILES string of the molecule is CC(N(C)C)N1CCc2cnc(C(=O)Nc3cccc(-c4nnc5n4CCCC5)n3)cc2C1. The van der Waals surface area contributed by atoms with E-state index in [1.54, 1.807) is 6.07 Å².